The molecule has 2 atom stereocenters. The molecule has 0 saturated heterocycles. The van der Waals surface area contributed by atoms with Crippen LogP contribution in [0.4, 0.5) is 0 Å². The number of quaternary nitrogens is 1. The molecule has 27 heavy (non-hydrogen) atoms. The van der Waals surface area contributed by atoms with Gasteiger partial charge in [-0.15, -0.1) is 0 Å². The number of amidine groups is 1. The van der Waals surface area contributed by atoms with E-state index in [1.54, 1.807) is 6.92 Å². The zero-order valence-corrected chi connectivity index (χ0v) is 18.4. The number of carbonyl (C=O) groups is 1. The van der Waals surface area contributed by atoms with Gasteiger partial charge in [0, 0.05) is 20.3 Å². The van der Waals surface area contributed by atoms with Gasteiger partial charge in [-0.25, -0.2) is 4.99 Å². The summed E-state index contributed by atoms with van der Waals surface area (Å²) in [5, 5.41) is 3.10. The molecule has 0 saturated carbocycles. The van der Waals surface area contributed by atoms with E-state index in [1.165, 1.54) is 70.0 Å². The van der Waals surface area contributed by atoms with Gasteiger partial charge >= 0.3 is 0 Å². The van der Waals surface area contributed by atoms with Crippen molar-refractivity contribution in [1.82, 2.24) is 5.32 Å². The molecule has 1 aliphatic rings. The van der Waals surface area contributed by atoms with Crippen LogP contribution in [0.1, 0.15) is 98.3 Å². The molecular formula is C23H44N3O+. The van der Waals surface area contributed by atoms with Crippen molar-refractivity contribution >= 4 is 11.7 Å². The van der Waals surface area contributed by atoms with E-state index in [-0.39, 0.29) is 12.1 Å². The number of hydrogen-bond donors (Lipinski definition) is 1. The third kappa shape index (κ3) is 8.59. The molecule has 1 heterocycles. The van der Waals surface area contributed by atoms with Crippen LogP contribution in [0, 0.1) is 0 Å². The largest absolute Gasteiger partial charge is 0.307 e. The molecule has 0 radical (unpaired) electrons. The lowest BCUT2D eigenvalue weighted by Crippen LogP contribution is -2.62. The highest BCUT2D eigenvalue weighted by Gasteiger charge is 2.41. The molecule has 0 aromatic rings. The van der Waals surface area contributed by atoms with Crippen molar-refractivity contribution in [3.63, 3.8) is 0 Å². The first-order valence-corrected chi connectivity index (χ1v) is 11.4. The van der Waals surface area contributed by atoms with Crippen LogP contribution in [0.25, 0.3) is 0 Å². The van der Waals surface area contributed by atoms with Gasteiger partial charge in [-0.2, -0.15) is 0 Å². The average molecular weight is 379 g/mol. The Hall–Kier alpha value is -1.16. The van der Waals surface area contributed by atoms with Crippen molar-refractivity contribution in [2.45, 2.75) is 104 Å². The predicted molar refractivity (Wildman–Crippen MR) is 117 cm³/mol. The van der Waals surface area contributed by atoms with Crippen LogP contribution in [0.5, 0.6) is 0 Å². The summed E-state index contributed by atoms with van der Waals surface area (Å²) in [5.41, 5.74) is 0. The van der Waals surface area contributed by atoms with E-state index in [4.69, 9.17) is 4.99 Å². The van der Waals surface area contributed by atoms with Gasteiger partial charge in [-0.05, 0) is 39.0 Å². The number of amides is 1. The zero-order valence-electron chi connectivity index (χ0n) is 18.4. The van der Waals surface area contributed by atoms with Gasteiger partial charge in [0.1, 0.15) is 6.54 Å². The van der Waals surface area contributed by atoms with Gasteiger partial charge in [0.2, 0.25) is 5.91 Å². The van der Waals surface area contributed by atoms with Gasteiger partial charge < -0.3 is 5.32 Å². The Morgan fingerprint density at radius 3 is 2.30 bits per heavy atom. The quantitative estimate of drug-likeness (QED) is 0.225. The molecule has 0 aromatic heterocycles. The van der Waals surface area contributed by atoms with Gasteiger partial charge in [0.15, 0.2) is 12.0 Å². The summed E-state index contributed by atoms with van der Waals surface area (Å²) < 4.78 is 0.848. The minimum Gasteiger partial charge on any atom is -0.307 e. The molecule has 4 nitrogen and oxygen atoms in total. The molecule has 1 N–H and O–H groups in total. The number of allylic oxidation sites excluding steroid dienone is 2. The Labute approximate surface area is 168 Å². The summed E-state index contributed by atoms with van der Waals surface area (Å²) in [6.45, 7) is 11.1. The lowest BCUT2D eigenvalue weighted by atomic mass is 10.1. The first kappa shape index (κ1) is 23.9. The lowest BCUT2D eigenvalue weighted by Gasteiger charge is -2.39. The smallest absolute Gasteiger partial charge is 0.221 e. The molecule has 0 fully saturated rings. The molecule has 2 unspecified atom stereocenters. The molecule has 0 bridgehead atoms. The van der Waals surface area contributed by atoms with Gasteiger partial charge in [-0.1, -0.05) is 51.2 Å². The van der Waals surface area contributed by atoms with Crippen molar-refractivity contribution < 1.29 is 9.28 Å². The molecule has 0 aromatic carbocycles. The molecule has 1 amide bonds. The summed E-state index contributed by atoms with van der Waals surface area (Å²) in [7, 11) is 0. The van der Waals surface area contributed by atoms with Crippen LogP contribution in [-0.2, 0) is 4.79 Å². The maximum absolute atomic E-state index is 11.5. The highest BCUT2D eigenvalue weighted by atomic mass is 16.1. The van der Waals surface area contributed by atoms with E-state index in [2.05, 4.69) is 38.2 Å². The Balaban J connectivity index is 2.19. The summed E-state index contributed by atoms with van der Waals surface area (Å²) in [5.74, 6) is 1.35. The van der Waals surface area contributed by atoms with Crippen molar-refractivity contribution in [1.29, 1.82) is 0 Å². The van der Waals surface area contributed by atoms with E-state index in [0.29, 0.717) is 0 Å². The SMILES string of the molecule is CCCCCC/C=C/CCCCCCC1=NCC[N+]1(CC)C(C)NC(C)=O. The molecule has 4 heteroatoms. The number of nitrogens with zero attached hydrogens (tertiary/aromatic N) is 2. The standard InChI is InChI=1S/C23H43N3O/c1-5-7-8-9-10-11-12-13-14-15-16-17-18-23-24-19-20-26(23,6-2)21(3)25-22(4)27/h11-12,21H,5-10,13-20H2,1-4H3/p+1/b12-11+. The Bertz CT molecular complexity index is 472. The van der Waals surface area contributed by atoms with E-state index in [1.807, 2.05) is 0 Å². The molecule has 1 rings (SSSR count). The topological polar surface area (TPSA) is 41.5 Å². The fourth-order valence-corrected chi connectivity index (χ4v) is 4.20. The summed E-state index contributed by atoms with van der Waals surface area (Å²) in [4.78, 5) is 16.3. The van der Waals surface area contributed by atoms with E-state index in [0.717, 1.165) is 30.5 Å². The lowest BCUT2D eigenvalue weighted by molar-refractivity contribution is -0.861. The second kappa shape index (κ2) is 13.9. The van der Waals surface area contributed by atoms with Crippen LogP contribution < -0.4 is 5.32 Å². The van der Waals surface area contributed by atoms with Crippen LogP contribution >= 0.6 is 0 Å². The first-order valence-electron chi connectivity index (χ1n) is 11.4. The van der Waals surface area contributed by atoms with Crippen LogP contribution in [0.15, 0.2) is 17.1 Å². The predicted octanol–water partition coefficient (Wildman–Crippen LogP) is 5.58. The second-order valence-corrected chi connectivity index (χ2v) is 8.02. The van der Waals surface area contributed by atoms with Crippen molar-refractivity contribution in [3.8, 4) is 0 Å². The minimum atomic E-state index is 0.0538. The molecule has 0 spiro atoms. The molecule has 1 aliphatic heterocycles. The third-order valence-electron chi connectivity index (χ3n) is 5.94. The van der Waals surface area contributed by atoms with E-state index in [9.17, 15) is 4.79 Å². The van der Waals surface area contributed by atoms with Crippen LogP contribution in [-0.4, -0.2) is 42.0 Å². The minimum absolute atomic E-state index is 0.0538. The number of hydrogen-bond acceptors (Lipinski definition) is 2. The summed E-state index contributed by atoms with van der Waals surface area (Å²) in [6, 6.07) is 0. The van der Waals surface area contributed by atoms with Crippen molar-refractivity contribution in [3.05, 3.63) is 12.2 Å². The fourth-order valence-electron chi connectivity index (χ4n) is 4.20. The van der Waals surface area contributed by atoms with Gasteiger partial charge in [-0.3, -0.25) is 9.28 Å². The maximum atomic E-state index is 11.5. The van der Waals surface area contributed by atoms with Crippen LogP contribution in [0.2, 0.25) is 0 Å². The molecule has 0 aliphatic carbocycles. The Kier molecular flexibility index (Phi) is 12.3. The Morgan fingerprint density at radius 2 is 1.70 bits per heavy atom. The van der Waals surface area contributed by atoms with Crippen molar-refractivity contribution in [2.75, 3.05) is 19.6 Å². The number of aliphatic imine (C=N–C) groups is 1. The number of unbranched alkanes of at least 4 members (excludes halogenated alkanes) is 8. The number of carbonyl (C=O) groups excluding carboxylic acids is 1. The number of likely N-dealkylation sites (N-methyl/N-ethyl adjacent to an activating group) is 1. The highest BCUT2D eigenvalue weighted by molar-refractivity contribution is 5.78. The maximum Gasteiger partial charge on any atom is 0.221 e. The first-order chi connectivity index (χ1) is 13.1. The van der Waals surface area contributed by atoms with Gasteiger partial charge in [0.25, 0.3) is 0 Å². The monoisotopic (exact) mass is 378 g/mol. The second-order valence-electron chi connectivity index (χ2n) is 8.02. The zero-order chi connectivity index (χ0) is 20.0. The van der Waals surface area contributed by atoms with Gasteiger partial charge in [0.05, 0.1) is 13.1 Å². The highest BCUT2D eigenvalue weighted by Crippen LogP contribution is 2.23. The van der Waals surface area contributed by atoms with E-state index >= 15 is 0 Å². The average Bonchev–Trinajstić information content (AvgIpc) is 3.06. The van der Waals surface area contributed by atoms with Crippen LogP contribution in [0.3, 0.4) is 0 Å². The normalized spacial score (nSPS) is 20.8. The van der Waals surface area contributed by atoms with Crippen molar-refractivity contribution in [2.24, 2.45) is 4.99 Å². The summed E-state index contributed by atoms with van der Waals surface area (Å²) in [6.07, 6.45) is 18.9. The number of nitrogens with one attached hydrogen (secondary N) is 1. The summed E-state index contributed by atoms with van der Waals surface area (Å²) >= 11 is 0. The molecule has 156 valence electrons. The fraction of sp³-hybridized carbons (Fsp3) is 0.826. The Morgan fingerprint density at radius 1 is 1.07 bits per heavy atom. The third-order valence-corrected chi connectivity index (χ3v) is 5.94. The number of rotatable bonds is 15. The molecular weight excluding hydrogens is 334 g/mol. The van der Waals surface area contributed by atoms with E-state index < -0.39 is 0 Å².